The summed E-state index contributed by atoms with van der Waals surface area (Å²) in [5, 5.41) is 13.6. The predicted molar refractivity (Wildman–Crippen MR) is 88.8 cm³/mol. The fourth-order valence-corrected chi connectivity index (χ4v) is 2.85. The molecule has 2 aromatic rings. The molecule has 0 fully saturated rings. The van der Waals surface area contributed by atoms with Gasteiger partial charge in [-0.05, 0) is 53.3 Å². The Hall–Kier alpha value is -0.780. The van der Waals surface area contributed by atoms with Gasteiger partial charge in [0.05, 0.1) is 12.6 Å². The summed E-state index contributed by atoms with van der Waals surface area (Å²) in [5.74, 6) is 0. The number of benzene rings is 2. The van der Waals surface area contributed by atoms with Crippen LogP contribution in [-0.2, 0) is 0 Å². The maximum Gasteiger partial charge on any atom is 0.0745 e. The van der Waals surface area contributed by atoms with Gasteiger partial charge in [-0.15, -0.1) is 0 Å². The lowest BCUT2D eigenvalue weighted by atomic mass is 10.1. The maximum atomic E-state index is 9.56. The van der Waals surface area contributed by atoms with E-state index in [0.29, 0.717) is 5.02 Å². The zero-order valence-corrected chi connectivity index (χ0v) is 13.4. The van der Waals surface area contributed by atoms with Crippen LogP contribution in [0.1, 0.15) is 17.2 Å². The highest BCUT2D eigenvalue weighted by atomic mass is 127. The van der Waals surface area contributed by atoms with E-state index in [2.05, 4.69) is 27.9 Å². The van der Waals surface area contributed by atoms with Crippen molar-refractivity contribution in [3.05, 3.63) is 62.2 Å². The van der Waals surface area contributed by atoms with Gasteiger partial charge >= 0.3 is 0 Å². The van der Waals surface area contributed by atoms with E-state index in [-0.39, 0.29) is 12.6 Å². The summed E-state index contributed by atoms with van der Waals surface area (Å²) in [6.07, 6.45) is 0. The Morgan fingerprint density at radius 3 is 2.47 bits per heavy atom. The minimum Gasteiger partial charge on any atom is -0.394 e. The highest BCUT2D eigenvalue weighted by Crippen LogP contribution is 2.26. The van der Waals surface area contributed by atoms with Crippen LogP contribution in [0.4, 0.5) is 5.69 Å². The molecule has 0 heterocycles. The van der Waals surface area contributed by atoms with Gasteiger partial charge in [-0.2, -0.15) is 0 Å². The van der Waals surface area contributed by atoms with E-state index in [0.717, 1.165) is 14.8 Å². The van der Waals surface area contributed by atoms with Gasteiger partial charge in [0.25, 0.3) is 0 Å². The second-order valence-electron chi connectivity index (χ2n) is 4.41. The molecule has 4 heteroatoms. The third-order valence-corrected chi connectivity index (χ3v) is 4.05. The van der Waals surface area contributed by atoms with Crippen LogP contribution in [0, 0.1) is 10.5 Å². The second-order valence-corrected chi connectivity index (χ2v) is 6.01. The Bertz CT molecular complexity index is 557. The number of hydrogen-bond donors (Lipinski definition) is 2. The Morgan fingerprint density at radius 2 is 1.89 bits per heavy atom. The topological polar surface area (TPSA) is 32.3 Å². The molecular formula is C15H15ClINO. The molecule has 0 saturated carbocycles. The zero-order valence-electron chi connectivity index (χ0n) is 10.5. The average Bonchev–Trinajstić information content (AvgIpc) is 2.39. The van der Waals surface area contributed by atoms with E-state index in [9.17, 15) is 5.11 Å². The molecule has 0 saturated heterocycles. The number of nitrogens with one attached hydrogen (secondary N) is 1. The minimum atomic E-state index is -0.115. The van der Waals surface area contributed by atoms with E-state index in [1.807, 2.05) is 49.4 Å². The maximum absolute atomic E-state index is 9.56. The lowest BCUT2D eigenvalue weighted by Crippen LogP contribution is -2.15. The lowest BCUT2D eigenvalue weighted by molar-refractivity contribution is 0.276. The number of aryl methyl sites for hydroxylation is 1. The smallest absolute Gasteiger partial charge is 0.0745 e. The van der Waals surface area contributed by atoms with Crippen molar-refractivity contribution in [3.8, 4) is 0 Å². The summed E-state index contributed by atoms with van der Waals surface area (Å²) in [7, 11) is 0. The van der Waals surface area contributed by atoms with E-state index in [4.69, 9.17) is 11.6 Å². The Labute approximate surface area is 131 Å². The van der Waals surface area contributed by atoms with Gasteiger partial charge < -0.3 is 10.4 Å². The molecule has 1 unspecified atom stereocenters. The molecule has 0 aromatic heterocycles. The quantitative estimate of drug-likeness (QED) is 0.762. The monoisotopic (exact) mass is 387 g/mol. The Balaban J connectivity index is 2.21. The van der Waals surface area contributed by atoms with Gasteiger partial charge in [-0.3, -0.25) is 0 Å². The van der Waals surface area contributed by atoms with Crippen molar-refractivity contribution in [1.82, 2.24) is 0 Å². The van der Waals surface area contributed by atoms with Gasteiger partial charge in [0.2, 0.25) is 0 Å². The van der Waals surface area contributed by atoms with Gasteiger partial charge in [0, 0.05) is 14.3 Å². The number of aliphatic hydroxyl groups is 1. The number of halogens is 2. The molecule has 2 N–H and O–H groups in total. The zero-order chi connectivity index (χ0) is 13.8. The summed E-state index contributed by atoms with van der Waals surface area (Å²) in [5.41, 5.74) is 3.25. The molecule has 0 amide bonds. The molecule has 2 nitrogen and oxygen atoms in total. The first-order chi connectivity index (χ1) is 9.10. The van der Waals surface area contributed by atoms with E-state index >= 15 is 0 Å². The van der Waals surface area contributed by atoms with Gasteiger partial charge in [-0.25, -0.2) is 0 Å². The van der Waals surface area contributed by atoms with Crippen LogP contribution < -0.4 is 5.32 Å². The molecule has 0 aliphatic carbocycles. The first-order valence-electron chi connectivity index (χ1n) is 5.99. The fraction of sp³-hybridized carbons (Fsp3) is 0.200. The van der Waals surface area contributed by atoms with Crippen LogP contribution in [-0.4, -0.2) is 11.7 Å². The third-order valence-electron chi connectivity index (χ3n) is 2.92. The minimum absolute atomic E-state index is 0.0434. The average molecular weight is 388 g/mol. The number of aliphatic hydroxyl groups excluding tert-OH is 1. The van der Waals surface area contributed by atoms with Crippen molar-refractivity contribution in [2.75, 3.05) is 11.9 Å². The van der Waals surface area contributed by atoms with Crippen molar-refractivity contribution >= 4 is 39.9 Å². The standard InChI is InChI=1S/C15H15ClINO/c1-10-2-4-11(5-3-10)15(9-19)18-14-7-6-12(16)8-13(14)17/h2-8,15,18-19H,9H2,1H3. The van der Waals surface area contributed by atoms with E-state index in [1.54, 1.807) is 0 Å². The van der Waals surface area contributed by atoms with Crippen LogP contribution in [0.3, 0.4) is 0 Å². The number of hydrogen-bond acceptors (Lipinski definition) is 2. The number of rotatable bonds is 4. The lowest BCUT2D eigenvalue weighted by Gasteiger charge is -2.19. The van der Waals surface area contributed by atoms with E-state index < -0.39 is 0 Å². The fourth-order valence-electron chi connectivity index (χ4n) is 1.83. The van der Waals surface area contributed by atoms with Gasteiger partial charge in [0.15, 0.2) is 0 Å². The van der Waals surface area contributed by atoms with Gasteiger partial charge in [0.1, 0.15) is 0 Å². The Kier molecular flexibility index (Phi) is 5.07. The molecule has 0 bridgehead atoms. The molecule has 19 heavy (non-hydrogen) atoms. The van der Waals surface area contributed by atoms with Gasteiger partial charge in [-0.1, -0.05) is 41.4 Å². The van der Waals surface area contributed by atoms with Crippen molar-refractivity contribution in [3.63, 3.8) is 0 Å². The van der Waals surface area contributed by atoms with Crippen molar-refractivity contribution in [2.45, 2.75) is 13.0 Å². The predicted octanol–water partition coefficient (Wildman–Crippen LogP) is 4.40. The van der Waals surface area contributed by atoms with Crippen LogP contribution in [0.2, 0.25) is 5.02 Å². The summed E-state index contributed by atoms with van der Waals surface area (Å²) in [6, 6.07) is 13.7. The largest absolute Gasteiger partial charge is 0.394 e. The van der Waals surface area contributed by atoms with Crippen molar-refractivity contribution in [1.29, 1.82) is 0 Å². The molecule has 2 aromatic carbocycles. The van der Waals surface area contributed by atoms with Crippen molar-refractivity contribution < 1.29 is 5.11 Å². The summed E-state index contributed by atoms with van der Waals surface area (Å²) < 4.78 is 1.04. The normalized spacial score (nSPS) is 12.2. The molecular weight excluding hydrogens is 373 g/mol. The number of anilines is 1. The highest BCUT2D eigenvalue weighted by molar-refractivity contribution is 14.1. The highest BCUT2D eigenvalue weighted by Gasteiger charge is 2.11. The molecule has 2 rings (SSSR count). The van der Waals surface area contributed by atoms with Crippen LogP contribution in [0.5, 0.6) is 0 Å². The van der Waals surface area contributed by atoms with Crippen molar-refractivity contribution in [2.24, 2.45) is 0 Å². The molecule has 0 aliphatic rings. The molecule has 1 atom stereocenters. The summed E-state index contributed by atoms with van der Waals surface area (Å²) in [4.78, 5) is 0. The van der Waals surface area contributed by atoms with Crippen LogP contribution in [0.15, 0.2) is 42.5 Å². The molecule has 0 spiro atoms. The SMILES string of the molecule is Cc1ccc(C(CO)Nc2ccc(Cl)cc2I)cc1. The molecule has 0 radical (unpaired) electrons. The Morgan fingerprint density at radius 1 is 1.21 bits per heavy atom. The third kappa shape index (κ3) is 3.84. The summed E-state index contributed by atoms with van der Waals surface area (Å²) in [6.45, 7) is 2.09. The first kappa shape index (κ1) is 14.6. The molecule has 100 valence electrons. The first-order valence-corrected chi connectivity index (χ1v) is 7.45. The summed E-state index contributed by atoms with van der Waals surface area (Å²) >= 11 is 8.17. The van der Waals surface area contributed by atoms with Crippen LogP contribution >= 0.6 is 34.2 Å². The second kappa shape index (κ2) is 6.59. The van der Waals surface area contributed by atoms with E-state index in [1.165, 1.54) is 5.56 Å². The van der Waals surface area contributed by atoms with Crippen LogP contribution in [0.25, 0.3) is 0 Å². The molecule has 0 aliphatic heterocycles.